The van der Waals surface area contributed by atoms with Crippen LogP contribution in [0.3, 0.4) is 0 Å². The van der Waals surface area contributed by atoms with E-state index in [0.29, 0.717) is 17.8 Å². The van der Waals surface area contributed by atoms with Gasteiger partial charge >= 0.3 is 0 Å². The Balaban J connectivity index is 1.94. The minimum Gasteiger partial charge on any atom is -0.200 e. The van der Waals surface area contributed by atoms with E-state index in [0.717, 1.165) is 0 Å². The summed E-state index contributed by atoms with van der Waals surface area (Å²) >= 11 is 0. The second-order valence-corrected chi connectivity index (χ2v) is 9.15. The Hall–Kier alpha value is -2.67. The van der Waals surface area contributed by atoms with Crippen LogP contribution in [0.2, 0.25) is 0 Å². The summed E-state index contributed by atoms with van der Waals surface area (Å²) in [6.07, 6.45) is 2.20. The highest BCUT2D eigenvalue weighted by Crippen LogP contribution is 2.36. The maximum absolute atomic E-state index is 2.42. The molecule has 4 aromatic rings. The van der Waals surface area contributed by atoms with Crippen molar-refractivity contribution < 1.29 is 4.57 Å². The number of nitrogens with zero attached hydrogens (tertiary/aromatic N) is 1. The largest absolute Gasteiger partial charge is 0.220 e. The zero-order valence-electron chi connectivity index (χ0n) is 18.5. The van der Waals surface area contributed by atoms with Crippen LogP contribution in [0.25, 0.3) is 32.8 Å². The second kappa shape index (κ2) is 7.63. The molecule has 1 heterocycles. The summed E-state index contributed by atoms with van der Waals surface area (Å²) < 4.78 is 2.27. The fourth-order valence-corrected chi connectivity index (χ4v) is 5.08. The van der Waals surface area contributed by atoms with Crippen LogP contribution >= 0.6 is 0 Å². The normalized spacial score (nSPS) is 12.0. The van der Waals surface area contributed by atoms with E-state index in [2.05, 4.69) is 113 Å². The van der Waals surface area contributed by atoms with Crippen molar-refractivity contribution >= 4 is 21.5 Å². The highest BCUT2D eigenvalue weighted by molar-refractivity contribution is 5.97. The standard InChI is InChI=1S/C28H32N/c1-18(2)27(19(3)4)24-11-12-25-23(16-24)13-14-29(6)28(25)26-17-22-10-8-7-9-21(22)15-20(26)5/h7-19,27H,1-6H3/q+1. The van der Waals surface area contributed by atoms with Crippen molar-refractivity contribution in [3.8, 4) is 11.3 Å². The predicted molar refractivity (Wildman–Crippen MR) is 125 cm³/mol. The fraction of sp³-hybridized carbons (Fsp3) is 0.321. The Bertz CT molecular complexity index is 1180. The minimum absolute atomic E-state index is 0.583. The number of rotatable bonds is 4. The molecule has 0 aliphatic heterocycles. The molecule has 0 amide bonds. The number of aromatic nitrogens is 1. The average Bonchev–Trinajstić information content (AvgIpc) is 2.67. The first-order valence-corrected chi connectivity index (χ1v) is 10.8. The van der Waals surface area contributed by atoms with Crippen LogP contribution in [0.15, 0.2) is 66.9 Å². The van der Waals surface area contributed by atoms with E-state index in [1.165, 1.54) is 43.9 Å². The molecule has 1 aromatic heterocycles. The summed E-state index contributed by atoms with van der Waals surface area (Å²) in [7, 11) is 2.16. The Morgan fingerprint density at radius 1 is 0.724 bits per heavy atom. The van der Waals surface area contributed by atoms with Crippen LogP contribution < -0.4 is 4.57 Å². The number of hydrogen-bond donors (Lipinski definition) is 0. The third kappa shape index (κ3) is 3.55. The predicted octanol–water partition coefficient (Wildman–Crippen LogP) is 7.19. The van der Waals surface area contributed by atoms with Crippen molar-refractivity contribution in [3.05, 3.63) is 78.0 Å². The molecule has 4 rings (SSSR count). The third-order valence-corrected chi connectivity index (χ3v) is 6.33. The van der Waals surface area contributed by atoms with E-state index >= 15 is 0 Å². The third-order valence-electron chi connectivity index (χ3n) is 6.33. The van der Waals surface area contributed by atoms with E-state index in [4.69, 9.17) is 0 Å². The second-order valence-electron chi connectivity index (χ2n) is 9.15. The van der Waals surface area contributed by atoms with E-state index in [1.54, 1.807) is 0 Å². The zero-order valence-corrected chi connectivity index (χ0v) is 18.5. The Kier molecular flexibility index (Phi) is 5.17. The molecule has 0 fully saturated rings. The first-order valence-electron chi connectivity index (χ1n) is 10.8. The SMILES string of the molecule is Cc1cc2ccccc2cc1-c1c2ccc(C(C(C)C)C(C)C)cc2cc[n+]1C. The Morgan fingerprint density at radius 2 is 1.38 bits per heavy atom. The quantitative estimate of drug-likeness (QED) is 0.329. The molecule has 0 bridgehead atoms. The van der Waals surface area contributed by atoms with Gasteiger partial charge in [0.15, 0.2) is 6.20 Å². The lowest BCUT2D eigenvalue weighted by molar-refractivity contribution is -0.659. The number of benzene rings is 3. The molecule has 0 aliphatic rings. The lowest BCUT2D eigenvalue weighted by atomic mass is 9.79. The molecular weight excluding hydrogens is 350 g/mol. The monoisotopic (exact) mass is 382 g/mol. The number of hydrogen-bond acceptors (Lipinski definition) is 0. The van der Waals surface area contributed by atoms with E-state index in [-0.39, 0.29) is 0 Å². The molecule has 0 radical (unpaired) electrons. The zero-order chi connectivity index (χ0) is 20.7. The number of aryl methyl sites for hydroxylation is 2. The Morgan fingerprint density at radius 3 is 2.03 bits per heavy atom. The molecule has 0 saturated heterocycles. The highest BCUT2D eigenvalue weighted by Gasteiger charge is 2.22. The van der Waals surface area contributed by atoms with Gasteiger partial charge in [-0.2, -0.15) is 0 Å². The van der Waals surface area contributed by atoms with Crippen molar-refractivity contribution in [2.24, 2.45) is 18.9 Å². The van der Waals surface area contributed by atoms with Gasteiger partial charge in [-0.3, -0.25) is 0 Å². The van der Waals surface area contributed by atoms with Crippen molar-refractivity contribution in [1.82, 2.24) is 0 Å². The molecular formula is C28H32N+. The van der Waals surface area contributed by atoms with Gasteiger partial charge in [0.05, 0.1) is 10.9 Å². The summed E-state index contributed by atoms with van der Waals surface area (Å²) in [6.45, 7) is 11.6. The summed E-state index contributed by atoms with van der Waals surface area (Å²) in [5.41, 5.74) is 5.38. The van der Waals surface area contributed by atoms with E-state index in [1.807, 2.05) is 0 Å². The molecule has 0 spiro atoms. The van der Waals surface area contributed by atoms with Gasteiger partial charge in [0, 0.05) is 6.07 Å². The highest BCUT2D eigenvalue weighted by atomic mass is 14.9. The van der Waals surface area contributed by atoms with Gasteiger partial charge in [-0.25, -0.2) is 4.57 Å². The smallest absolute Gasteiger partial charge is 0.200 e. The maximum atomic E-state index is 2.42. The molecule has 0 unspecified atom stereocenters. The van der Waals surface area contributed by atoms with Crippen molar-refractivity contribution in [2.75, 3.05) is 0 Å². The molecule has 3 aromatic carbocycles. The van der Waals surface area contributed by atoms with E-state index in [9.17, 15) is 0 Å². The van der Waals surface area contributed by atoms with Crippen LogP contribution in [0, 0.1) is 18.8 Å². The van der Waals surface area contributed by atoms with Crippen LogP contribution in [0.1, 0.15) is 44.7 Å². The van der Waals surface area contributed by atoms with Crippen molar-refractivity contribution in [3.63, 3.8) is 0 Å². The first-order chi connectivity index (χ1) is 13.9. The summed E-state index contributed by atoms with van der Waals surface area (Å²) in [5.74, 6) is 1.85. The average molecular weight is 383 g/mol. The molecule has 0 N–H and O–H groups in total. The lowest BCUT2D eigenvalue weighted by Crippen LogP contribution is -2.30. The van der Waals surface area contributed by atoms with Crippen LogP contribution in [-0.2, 0) is 7.05 Å². The molecule has 0 atom stereocenters. The molecule has 0 saturated carbocycles. The summed E-state index contributed by atoms with van der Waals surface area (Å²) in [4.78, 5) is 0. The fourth-order valence-electron chi connectivity index (χ4n) is 5.08. The molecule has 0 aliphatic carbocycles. The Labute approximate surface area is 175 Å². The van der Waals surface area contributed by atoms with Crippen LogP contribution in [0.5, 0.6) is 0 Å². The van der Waals surface area contributed by atoms with Gasteiger partial charge in [-0.05, 0) is 64.1 Å². The first kappa shape index (κ1) is 19.6. The lowest BCUT2D eigenvalue weighted by Gasteiger charge is -2.25. The van der Waals surface area contributed by atoms with Gasteiger partial charge in [0.1, 0.15) is 7.05 Å². The van der Waals surface area contributed by atoms with E-state index < -0.39 is 0 Å². The maximum Gasteiger partial charge on any atom is 0.220 e. The van der Waals surface area contributed by atoms with Gasteiger partial charge in [0.25, 0.3) is 0 Å². The number of pyridine rings is 1. The van der Waals surface area contributed by atoms with Crippen molar-refractivity contribution in [1.29, 1.82) is 0 Å². The van der Waals surface area contributed by atoms with Gasteiger partial charge < -0.3 is 0 Å². The van der Waals surface area contributed by atoms with Crippen LogP contribution in [-0.4, -0.2) is 0 Å². The molecule has 148 valence electrons. The van der Waals surface area contributed by atoms with Crippen molar-refractivity contribution in [2.45, 2.75) is 40.5 Å². The van der Waals surface area contributed by atoms with Gasteiger partial charge in [-0.1, -0.05) is 70.2 Å². The van der Waals surface area contributed by atoms with Gasteiger partial charge in [-0.15, -0.1) is 0 Å². The topological polar surface area (TPSA) is 3.88 Å². The molecule has 1 heteroatoms. The summed E-state index contributed by atoms with van der Waals surface area (Å²) in [6, 6.07) is 22.7. The summed E-state index contributed by atoms with van der Waals surface area (Å²) in [5, 5.41) is 5.25. The molecule has 1 nitrogen and oxygen atoms in total. The van der Waals surface area contributed by atoms with Crippen LogP contribution in [0.4, 0.5) is 0 Å². The van der Waals surface area contributed by atoms with Gasteiger partial charge in [0.2, 0.25) is 5.69 Å². The number of fused-ring (bicyclic) bond motifs is 2. The molecule has 29 heavy (non-hydrogen) atoms. The minimum atomic E-state index is 0.583.